The van der Waals surface area contributed by atoms with Crippen LogP contribution in [0.1, 0.15) is 36.4 Å². The minimum Gasteiger partial charge on any atom is -0.424 e. The van der Waals surface area contributed by atoms with Crippen molar-refractivity contribution in [2.45, 2.75) is 38.0 Å². The second-order valence-corrected chi connectivity index (χ2v) is 5.99. The molecule has 0 bridgehead atoms. The Balaban J connectivity index is 1.75. The van der Waals surface area contributed by atoms with Gasteiger partial charge in [0, 0.05) is 24.6 Å². The van der Waals surface area contributed by atoms with E-state index < -0.39 is 12.6 Å². The van der Waals surface area contributed by atoms with Crippen molar-refractivity contribution >= 4 is 11.6 Å². The first kappa shape index (κ1) is 17.0. The van der Waals surface area contributed by atoms with E-state index in [2.05, 4.69) is 15.3 Å². The molecular weight excluding hydrogens is 343 g/mol. The number of rotatable bonds is 5. The van der Waals surface area contributed by atoms with Crippen LogP contribution in [-0.2, 0) is 6.54 Å². The minimum atomic E-state index is -4.13. The fourth-order valence-corrected chi connectivity index (χ4v) is 2.87. The van der Waals surface area contributed by atoms with E-state index in [0.717, 1.165) is 11.1 Å². The Morgan fingerprint density at radius 1 is 1.25 bits per heavy atom. The SMILES string of the molecule is FC(F)(F)CCCC1NCc2cccc(Oc3ncc(Cl)cn3)c21. The van der Waals surface area contributed by atoms with Crippen LogP contribution in [0.2, 0.25) is 5.02 Å². The molecule has 0 saturated heterocycles. The average Bonchev–Trinajstić information content (AvgIpc) is 2.93. The number of aromatic nitrogens is 2. The number of alkyl halides is 3. The molecule has 3 rings (SSSR count). The third-order valence-electron chi connectivity index (χ3n) is 3.79. The van der Waals surface area contributed by atoms with Crippen molar-refractivity contribution in [1.82, 2.24) is 15.3 Å². The van der Waals surface area contributed by atoms with Gasteiger partial charge in [0.1, 0.15) is 5.75 Å². The monoisotopic (exact) mass is 357 g/mol. The largest absolute Gasteiger partial charge is 0.424 e. The van der Waals surface area contributed by atoms with Crippen molar-refractivity contribution in [1.29, 1.82) is 0 Å². The topological polar surface area (TPSA) is 47.0 Å². The lowest BCUT2D eigenvalue weighted by Crippen LogP contribution is -2.14. The number of nitrogens with one attached hydrogen (secondary N) is 1. The van der Waals surface area contributed by atoms with Crippen molar-refractivity contribution in [3.05, 3.63) is 46.7 Å². The molecule has 0 spiro atoms. The molecule has 2 aromatic rings. The number of hydrogen-bond acceptors (Lipinski definition) is 4. The number of ether oxygens (including phenoxy) is 1. The summed E-state index contributed by atoms with van der Waals surface area (Å²) in [7, 11) is 0. The molecule has 0 saturated carbocycles. The maximum absolute atomic E-state index is 12.4. The molecule has 1 aliphatic rings. The fourth-order valence-electron chi connectivity index (χ4n) is 2.77. The van der Waals surface area contributed by atoms with Gasteiger partial charge in [-0.05, 0) is 24.5 Å². The number of nitrogens with zero attached hydrogens (tertiary/aromatic N) is 2. The van der Waals surface area contributed by atoms with Crippen molar-refractivity contribution in [3.8, 4) is 11.8 Å². The van der Waals surface area contributed by atoms with Crippen LogP contribution in [0, 0.1) is 0 Å². The molecule has 0 amide bonds. The van der Waals surface area contributed by atoms with E-state index in [1.54, 1.807) is 6.07 Å². The van der Waals surface area contributed by atoms with E-state index >= 15 is 0 Å². The normalized spacial score (nSPS) is 16.9. The molecule has 128 valence electrons. The van der Waals surface area contributed by atoms with Gasteiger partial charge in [0.05, 0.1) is 17.4 Å². The van der Waals surface area contributed by atoms with Gasteiger partial charge in [0.15, 0.2) is 0 Å². The van der Waals surface area contributed by atoms with Crippen LogP contribution in [0.5, 0.6) is 11.8 Å². The molecule has 0 fully saturated rings. The van der Waals surface area contributed by atoms with Crippen LogP contribution in [0.25, 0.3) is 0 Å². The summed E-state index contributed by atoms with van der Waals surface area (Å²) in [6.45, 7) is 0.602. The Kier molecular flexibility index (Phi) is 4.91. The predicted octanol–water partition coefficient (Wildman–Crippen LogP) is 4.80. The third-order valence-corrected chi connectivity index (χ3v) is 3.99. The molecule has 1 N–H and O–H groups in total. The lowest BCUT2D eigenvalue weighted by Gasteiger charge is -2.16. The van der Waals surface area contributed by atoms with Crippen LogP contribution in [0.3, 0.4) is 0 Å². The number of halogens is 4. The smallest absolute Gasteiger partial charge is 0.389 e. The molecule has 8 heteroatoms. The first-order valence-corrected chi connectivity index (χ1v) is 7.87. The summed E-state index contributed by atoms with van der Waals surface area (Å²) in [5, 5.41) is 3.63. The molecule has 1 unspecified atom stereocenters. The number of benzene rings is 1. The highest BCUT2D eigenvalue weighted by Gasteiger charge is 2.30. The quantitative estimate of drug-likeness (QED) is 0.835. The highest BCUT2D eigenvalue weighted by atomic mass is 35.5. The first-order valence-electron chi connectivity index (χ1n) is 7.50. The highest BCUT2D eigenvalue weighted by Crippen LogP contribution is 2.38. The van der Waals surface area contributed by atoms with Crippen LogP contribution < -0.4 is 10.1 Å². The number of hydrogen-bond donors (Lipinski definition) is 1. The Labute approximate surface area is 142 Å². The first-order chi connectivity index (χ1) is 11.4. The van der Waals surface area contributed by atoms with Gasteiger partial charge in [-0.3, -0.25) is 0 Å². The van der Waals surface area contributed by atoms with Crippen LogP contribution in [-0.4, -0.2) is 16.1 Å². The standard InChI is InChI=1S/C16H15ClF3N3O/c17-11-8-22-15(23-9-11)24-13-5-1-3-10-7-21-12(14(10)13)4-2-6-16(18,19)20/h1,3,5,8-9,12,21H,2,4,6-7H2. The van der Waals surface area contributed by atoms with Crippen LogP contribution in [0.15, 0.2) is 30.6 Å². The summed E-state index contributed by atoms with van der Waals surface area (Å²) in [6, 6.07) is 5.51. The van der Waals surface area contributed by atoms with Crippen molar-refractivity contribution in [3.63, 3.8) is 0 Å². The highest BCUT2D eigenvalue weighted by molar-refractivity contribution is 6.30. The van der Waals surface area contributed by atoms with E-state index in [1.165, 1.54) is 12.4 Å². The molecule has 1 aliphatic heterocycles. The average molecular weight is 358 g/mol. The van der Waals surface area contributed by atoms with Gasteiger partial charge in [-0.25, -0.2) is 9.97 Å². The predicted molar refractivity (Wildman–Crippen MR) is 83.0 cm³/mol. The van der Waals surface area contributed by atoms with Gasteiger partial charge in [-0.15, -0.1) is 0 Å². The fraction of sp³-hybridized carbons (Fsp3) is 0.375. The summed E-state index contributed by atoms with van der Waals surface area (Å²) in [5.41, 5.74) is 1.89. The van der Waals surface area contributed by atoms with E-state index in [-0.39, 0.29) is 18.5 Å². The van der Waals surface area contributed by atoms with Gasteiger partial charge < -0.3 is 10.1 Å². The molecule has 1 atom stereocenters. The van der Waals surface area contributed by atoms with Gasteiger partial charge in [-0.2, -0.15) is 13.2 Å². The summed E-state index contributed by atoms with van der Waals surface area (Å²) in [4.78, 5) is 7.97. The maximum Gasteiger partial charge on any atom is 0.389 e. The molecule has 2 heterocycles. The molecule has 0 radical (unpaired) electrons. The molecule has 0 aliphatic carbocycles. The Morgan fingerprint density at radius 3 is 2.71 bits per heavy atom. The lowest BCUT2D eigenvalue weighted by atomic mass is 9.99. The van der Waals surface area contributed by atoms with Gasteiger partial charge in [0.2, 0.25) is 0 Å². The lowest BCUT2D eigenvalue weighted by molar-refractivity contribution is -0.135. The Bertz CT molecular complexity index is 707. The summed E-state index contributed by atoms with van der Waals surface area (Å²) >= 11 is 5.74. The van der Waals surface area contributed by atoms with Gasteiger partial charge in [-0.1, -0.05) is 23.7 Å². The zero-order chi connectivity index (χ0) is 17.2. The zero-order valence-electron chi connectivity index (χ0n) is 12.6. The van der Waals surface area contributed by atoms with Crippen molar-refractivity contribution in [2.24, 2.45) is 0 Å². The Morgan fingerprint density at radius 2 is 2.00 bits per heavy atom. The van der Waals surface area contributed by atoms with E-state index in [0.29, 0.717) is 23.7 Å². The minimum absolute atomic E-state index is 0.0619. The van der Waals surface area contributed by atoms with Crippen LogP contribution >= 0.6 is 11.6 Å². The summed E-state index contributed by atoms with van der Waals surface area (Å²) in [5.74, 6) is 0.553. The molecule has 24 heavy (non-hydrogen) atoms. The van der Waals surface area contributed by atoms with Gasteiger partial charge in [0.25, 0.3) is 0 Å². The van der Waals surface area contributed by atoms with Crippen molar-refractivity contribution in [2.75, 3.05) is 0 Å². The van der Waals surface area contributed by atoms with Gasteiger partial charge >= 0.3 is 12.2 Å². The maximum atomic E-state index is 12.4. The second-order valence-electron chi connectivity index (χ2n) is 5.56. The van der Waals surface area contributed by atoms with E-state index in [4.69, 9.17) is 16.3 Å². The molecule has 1 aromatic carbocycles. The summed E-state index contributed by atoms with van der Waals surface area (Å²) in [6.07, 6.45) is -1.63. The molecule has 4 nitrogen and oxygen atoms in total. The molecule has 1 aromatic heterocycles. The van der Waals surface area contributed by atoms with E-state index in [9.17, 15) is 13.2 Å². The number of fused-ring (bicyclic) bond motifs is 1. The van der Waals surface area contributed by atoms with Crippen molar-refractivity contribution < 1.29 is 17.9 Å². The third kappa shape index (κ3) is 4.15. The van der Waals surface area contributed by atoms with Crippen LogP contribution in [0.4, 0.5) is 13.2 Å². The summed E-state index contributed by atoms with van der Waals surface area (Å²) < 4.78 is 42.8. The second kappa shape index (κ2) is 6.94. The molecular formula is C16H15ClF3N3O. The Hall–Kier alpha value is -1.86. The van der Waals surface area contributed by atoms with E-state index in [1.807, 2.05) is 12.1 Å². The zero-order valence-corrected chi connectivity index (χ0v) is 13.4.